The van der Waals surface area contributed by atoms with Crippen molar-refractivity contribution in [1.29, 1.82) is 0 Å². The first-order chi connectivity index (χ1) is 16.6. The molecule has 1 aromatic carbocycles. The number of carboxylic acids is 1. The zero-order chi connectivity index (χ0) is 25.6. The standard InChI is InChI=1S/C22H25FN4O.C2HF3O2/c1-27-14-17(15-4-8-24-9-5-15)12-21(27)22(28)26-18-2-3-19(20(23)13-18)16-6-10-25-11-7-16;3-2(4,5)1(6)7/h2-4,6,12-14,24-25H,5,7-11H2,1H3,(H,26,28);(H,6,7). The van der Waals surface area contributed by atoms with Crippen molar-refractivity contribution in [2.75, 3.05) is 31.5 Å². The average molecular weight is 494 g/mol. The maximum Gasteiger partial charge on any atom is 0.490 e. The third kappa shape index (κ3) is 7.03. The van der Waals surface area contributed by atoms with Crippen molar-refractivity contribution in [3.63, 3.8) is 0 Å². The van der Waals surface area contributed by atoms with E-state index >= 15 is 0 Å². The molecule has 0 bridgehead atoms. The number of amides is 1. The number of carbonyl (C=O) groups excluding carboxylic acids is 1. The zero-order valence-corrected chi connectivity index (χ0v) is 19.0. The molecule has 0 atom stereocenters. The highest BCUT2D eigenvalue weighted by atomic mass is 19.4. The normalized spacial score (nSPS) is 15.9. The number of carbonyl (C=O) groups is 2. The Kier molecular flexibility index (Phi) is 8.47. The second-order valence-corrected chi connectivity index (χ2v) is 8.04. The molecule has 0 radical (unpaired) electrons. The number of aliphatic carboxylic acids is 1. The minimum atomic E-state index is -5.08. The van der Waals surface area contributed by atoms with Crippen LogP contribution >= 0.6 is 0 Å². The van der Waals surface area contributed by atoms with E-state index in [0.29, 0.717) is 16.9 Å². The van der Waals surface area contributed by atoms with Gasteiger partial charge in [-0.1, -0.05) is 12.2 Å². The molecule has 1 aromatic heterocycles. The number of nitrogens with zero attached hydrogens (tertiary/aromatic N) is 1. The number of alkyl halides is 3. The van der Waals surface area contributed by atoms with Gasteiger partial charge in [0, 0.05) is 37.6 Å². The van der Waals surface area contributed by atoms with Crippen LogP contribution in [0.25, 0.3) is 11.1 Å². The van der Waals surface area contributed by atoms with E-state index in [2.05, 4.69) is 22.0 Å². The van der Waals surface area contributed by atoms with Gasteiger partial charge in [-0.3, -0.25) is 4.79 Å². The molecule has 2 aliphatic heterocycles. The van der Waals surface area contributed by atoms with Crippen LogP contribution in [-0.4, -0.2) is 53.9 Å². The van der Waals surface area contributed by atoms with Gasteiger partial charge >= 0.3 is 12.1 Å². The molecule has 0 saturated carbocycles. The summed E-state index contributed by atoms with van der Waals surface area (Å²) in [4.78, 5) is 21.6. The number of aromatic nitrogens is 1. The summed E-state index contributed by atoms with van der Waals surface area (Å²) in [5.41, 5.74) is 4.95. The van der Waals surface area contributed by atoms with E-state index in [-0.39, 0.29) is 11.7 Å². The summed E-state index contributed by atoms with van der Waals surface area (Å²) in [5, 5.41) is 16.5. The van der Waals surface area contributed by atoms with Crippen LogP contribution in [0.2, 0.25) is 0 Å². The van der Waals surface area contributed by atoms with Gasteiger partial charge in [-0.15, -0.1) is 0 Å². The molecule has 0 spiro atoms. The molecule has 2 aromatic rings. The molecular weight excluding hydrogens is 468 g/mol. The molecule has 4 rings (SSSR count). The predicted octanol–water partition coefficient (Wildman–Crippen LogP) is 3.80. The third-order valence-corrected chi connectivity index (χ3v) is 5.55. The van der Waals surface area contributed by atoms with Crippen LogP contribution in [0.4, 0.5) is 23.2 Å². The number of benzene rings is 1. The lowest BCUT2D eigenvalue weighted by Crippen LogP contribution is -2.21. The minimum Gasteiger partial charge on any atom is -0.475 e. The topological polar surface area (TPSA) is 95.4 Å². The van der Waals surface area contributed by atoms with Crippen molar-refractivity contribution < 1.29 is 32.3 Å². The molecule has 4 N–H and O–H groups in total. The molecule has 188 valence electrons. The monoisotopic (exact) mass is 494 g/mol. The van der Waals surface area contributed by atoms with Crippen molar-refractivity contribution in [3.8, 4) is 0 Å². The van der Waals surface area contributed by atoms with Crippen molar-refractivity contribution in [1.82, 2.24) is 15.2 Å². The highest BCUT2D eigenvalue weighted by Gasteiger charge is 2.38. The maximum atomic E-state index is 14.6. The summed E-state index contributed by atoms with van der Waals surface area (Å²) >= 11 is 0. The van der Waals surface area contributed by atoms with E-state index in [4.69, 9.17) is 9.90 Å². The van der Waals surface area contributed by atoms with E-state index in [1.54, 1.807) is 12.1 Å². The Morgan fingerprint density at radius 1 is 1.03 bits per heavy atom. The Labute approximate surface area is 199 Å². The number of hydrogen-bond acceptors (Lipinski definition) is 4. The molecular formula is C24H26F4N4O3. The second-order valence-electron chi connectivity index (χ2n) is 8.04. The average Bonchev–Trinajstić information content (AvgIpc) is 3.22. The number of hydrogen-bond donors (Lipinski definition) is 4. The largest absolute Gasteiger partial charge is 0.490 e. The predicted molar refractivity (Wildman–Crippen MR) is 124 cm³/mol. The summed E-state index contributed by atoms with van der Waals surface area (Å²) in [6.45, 7) is 3.41. The van der Waals surface area contributed by atoms with E-state index in [9.17, 15) is 22.4 Å². The number of aryl methyl sites for hydroxylation is 1. The molecule has 2 aliphatic rings. The summed E-state index contributed by atoms with van der Waals surface area (Å²) < 4.78 is 48.1. The number of rotatable bonds is 4. The quantitative estimate of drug-likeness (QED) is 0.485. The second kappa shape index (κ2) is 11.3. The molecule has 0 unspecified atom stereocenters. The third-order valence-electron chi connectivity index (χ3n) is 5.55. The van der Waals surface area contributed by atoms with Crippen molar-refractivity contribution in [2.45, 2.75) is 19.0 Å². The Balaban J connectivity index is 0.000000429. The van der Waals surface area contributed by atoms with Crippen molar-refractivity contribution >= 4 is 28.7 Å². The fraction of sp³-hybridized carbons (Fsp3) is 0.333. The van der Waals surface area contributed by atoms with Crippen LogP contribution in [0, 0.1) is 5.82 Å². The smallest absolute Gasteiger partial charge is 0.475 e. The number of nitrogens with one attached hydrogen (secondary N) is 3. The molecule has 0 aliphatic carbocycles. The van der Waals surface area contributed by atoms with Gasteiger partial charge in [0.25, 0.3) is 5.91 Å². The summed E-state index contributed by atoms with van der Waals surface area (Å²) in [5.74, 6) is -3.30. The Bertz CT molecular complexity index is 1150. The maximum absolute atomic E-state index is 14.6. The molecule has 0 saturated heterocycles. The lowest BCUT2D eigenvalue weighted by atomic mass is 9.99. The summed E-state index contributed by atoms with van der Waals surface area (Å²) in [7, 11) is 1.85. The van der Waals surface area contributed by atoms with Crippen LogP contribution in [0.1, 0.15) is 34.5 Å². The molecule has 7 nitrogen and oxygen atoms in total. The van der Waals surface area contributed by atoms with Crippen LogP contribution in [-0.2, 0) is 11.8 Å². The van der Waals surface area contributed by atoms with Gasteiger partial charge in [0.1, 0.15) is 11.5 Å². The van der Waals surface area contributed by atoms with E-state index in [1.165, 1.54) is 11.6 Å². The van der Waals surface area contributed by atoms with Crippen LogP contribution in [0.5, 0.6) is 0 Å². The van der Waals surface area contributed by atoms with Crippen molar-refractivity contribution in [3.05, 3.63) is 65.3 Å². The SMILES string of the molecule is Cn1cc(C2=CCNCC2)cc1C(=O)Nc1ccc(C2=CCNCC2)c(F)c1.O=C(O)C(F)(F)F. The first-order valence-corrected chi connectivity index (χ1v) is 10.9. The highest BCUT2D eigenvalue weighted by Crippen LogP contribution is 2.26. The fourth-order valence-electron chi connectivity index (χ4n) is 3.77. The van der Waals surface area contributed by atoms with Crippen LogP contribution in [0.15, 0.2) is 42.6 Å². The van der Waals surface area contributed by atoms with Gasteiger partial charge in [-0.25, -0.2) is 9.18 Å². The molecule has 3 heterocycles. The Morgan fingerprint density at radius 2 is 1.63 bits per heavy atom. The molecule has 11 heteroatoms. The van der Waals surface area contributed by atoms with E-state index < -0.39 is 12.1 Å². The Morgan fingerprint density at radius 3 is 2.14 bits per heavy atom. The first kappa shape index (κ1) is 26.2. The zero-order valence-electron chi connectivity index (χ0n) is 19.0. The molecule has 1 amide bonds. The van der Waals surface area contributed by atoms with Crippen LogP contribution in [0.3, 0.4) is 0 Å². The minimum absolute atomic E-state index is 0.239. The number of halogens is 4. The molecule has 35 heavy (non-hydrogen) atoms. The summed E-state index contributed by atoms with van der Waals surface area (Å²) in [6, 6.07) is 6.81. The lowest BCUT2D eigenvalue weighted by Gasteiger charge is -2.15. The van der Waals surface area contributed by atoms with Gasteiger partial charge in [-0.2, -0.15) is 13.2 Å². The fourth-order valence-corrected chi connectivity index (χ4v) is 3.77. The van der Waals surface area contributed by atoms with Crippen molar-refractivity contribution in [2.24, 2.45) is 7.05 Å². The lowest BCUT2D eigenvalue weighted by molar-refractivity contribution is -0.192. The van der Waals surface area contributed by atoms with Crippen LogP contribution < -0.4 is 16.0 Å². The summed E-state index contributed by atoms with van der Waals surface area (Å²) in [6.07, 6.45) is 2.81. The highest BCUT2D eigenvalue weighted by molar-refractivity contribution is 6.04. The van der Waals surface area contributed by atoms with Gasteiger partial charge < -0.3 is 25.6 Å². The van der Waals surface area contributed by atoms with Gasteiger partial charge in [-0.05, 0) is 66.9 Å². The first-order valence-electron chi connectivity index (χ1n) is 10.9. The van der Waals surface area contributed by atoms with E-state index in [1.807, 2.05) is 30.0 Å². The number of carboxylic acid groups (broad SMARTS) is 1. The van der Waals surface area contributed by atoms with E-state index in [0.717, 1.165) is 50.2 Å². The van der Waals surface area contributed by atoms with Gasteiger partial charge in [0.15, 0.2) is 0 Å². The Hall–Kier alpha value is -3.44. The number of anilines is 1. The molecule has 0 fully saturated rings. The van der Waals surface area contributed by atoms with Gasteiger partial charge in [0.2, 0.25) is 0 Å². The van der Waals surface area contributed by atoms with Gasteiger partial charge in [0.05, 0.1) is 0 Å².